The van der Waals surface area contributed by atoms with Gasteiger partial charge in [0.05, 0.1) is 5.41 Å². The normalized spacial score (nSPS) is 13.6. The van der Waals surface area contributed by atoms with Crippen LogP contribution in [-0.4, -0.2) is 42.1 Å². The van der Waals surface area contributed by atoms with Gasteiger partial charge >= 0.3 is 12.0 Å². The zero-order chi connectivity index (χ0) is 13.6. The molecule has 98 valence electrons. The number of urea groups is 1. The van der Waals surface area contributed by atoms with Crippen molar-refractivity contribution in [3.63, 3.8) is 0 Å². The Bertz CT molecular complexity index is 315. The van der Waals surface area contributed by atoms with E-state index in [2.05, 4.69) is 11.9 Å². The summed E-state index contributed by atoms with van der Waals surface area (Å²) in [7, 11) is 1.65. The van der Waals surface area contributed by atoms with Crippen LogP contribution >= 0.6 is 0 Å². The second-order valence-electron chi connectivity index (χ2n) is 4.69. The summed E-state index contributed by atoms with van der Waals surface area (Å²) in [5.41, 5.74) is -0.0427. The lowest BCUT2D eigenvalue weighted by molar-refractivity contribution is -0.147. The lowest BCUT2D eigenvalue weighted by Crippen LogP contribution is -2.45. The van der Waals surface area contributed by atoms with E-state index >= 15 is 0 Å². The highest BCUT2D eigenvalue weighted by Crippen LogP contribution is 2.19. The first-order valence-electron chi connectivity index (χ1n) is 5.59. The minimum Gasteiger partial charge on any atom is -0.481 e. The van der Waals surface area contributed by atoms with Crippen molar-refractivity contribution in [3.05, 3.63) is 12.2 Å². The molecule has 1 unspecified atom stereocenters. The molecule has 0 saturated heterocycles. The van der Waals surface area contributed by atoms with E-state index < -0.39 is 11.4 Å². The van der Waals surface area contributed by atoms with Crippen LogP contribution in [0.4, 0.5) is 4.79 Å². The zero-order valence-electron chi connectivity index (χ0n) is 11.0. The first-order valence-corrected chi connectivity index (χ1v) is 5.59. The minimum absolute atomic E-state index is 0.123. The highest BCUT2D eigenvalue weighted by Gasteiger charge is 2.31. The number of aliphatic carboxylic acids is 1. The van der Waals surface area contributed by atoms with Crippen LogP contribution in [0, 0.1) is 5.41 Å². The van der Waals surface area contributed by atoms with Gasteiger partial charge in [0.1, 0.15) is 0 Å². The lowest BCUT2D eigenvalue weighted by atomic mass is 9.88. The van der Waals surface area contributed by atoms with Gasteiger partial charge in [0.25, 0.3) is 0 Å². The number of carboxylic acids is 1. The number of hydrogen-bond donors (Lipinski definition) is 2. The van der Waals surface area contributed by atoms with Gasteiger partial charge in [0.2, 0.25) is 0 Å². The molecule has 0 heterocycles. The van der Waals surface area contributed by atoms with Crippen molar-refractivity contribution >= 4 is 12.0 Å². The van der Waals surface area contributed by atoms with E-state index in [1.54, 1.807) is 20.9 Å². The molecule has 2 N–H and O–H groups in total. The molecule has 5 nitrogen and oxygen atoms in total. The van der Waals surface area contributed by atoms with Gasteiger partial charge in [-0.2, -0.15) is 0 Å². The van der Waals surface area contributed by atoms with Crippen LogP contribution in [0.2, 0.25) is 0 Å². The van der Waals surface area contributed by atoms with E-state index in [1.165, 1.54) is 4.90 Å². The SMILES string of the molecule is C=C(C)CN(C)C(=O)NCC(C)(CC)C(=O)O. The van der Waals surface area contributed by atoms with Crippen LogP contribution in [-0.2, 0) is 4.79 Å². The Morgan fingerprint density at radius 2 is 2.00 bits per heavy atom. The Balaban J connectivity index is 4.32. The molecule has 1 atom stereocenters. The summed E-state index contributed by atoms with van der Waals surface area (Å²) in [5.74, 6) is -0.900. The maximum Gasteiger partial charge on any atom is 0.317 e. The Hall–Kier alpha value is -1.52. The van der Waals surface area contributed by atoms with Crippen molar-refractivity contribution in [2.45, 2.75) is 27.2 Å². The molecule has 0 aliphatic rings. The molecule has 5 heteroatoms. The number of nitrogens with one attached hydrogen (secondary N) is 1. The van der Waals surface area contributed by atoms with Gasteiger partial charge in [-0.25, -0.2) is 4.79 Å². The lowest BCUT2D eigenvalue weighted by Gasteiger charge is -2.25. The molecule has 0 aliphatic carbocycles. The fraction of sp³-hybridized carbons (Fsp3) is 0.667. The van der Waals surface area contributed by atoms with Crippen molar-refractivity contribution in [2.24, 2.45) is 5.41 Å². The molecule has 0 rings (SSSR count). The van der Waals surface area contributed by atoms with E-state index in [-0.39, 0.29) is 12.6 Å². The maximum atomic E-state index is 11.6. The quantitative estimate of drug-likeness (QED) is 0.696. The standard InChI is InChI=1S/C12H22N2O3/c1-6-12(4,10(15)16)8-13-11(17)14(5)7-9(2)3/h2,6-8H2,1,3-5H3,(H,13,17)(H,15,16). The summed E-state index contributed by atoms with van der Waals surface area (Å²) in [6.07, 6.45) is 0.465. The number of carboxylic acid groups (broad SMARTS) is 1. The smallest absolute Gasteiger partial charge is 0.317 e. The van der Waals surface area contributed by atoms with Gasteiger partial charge < -0.3 is 15.3 Å². The number of rotatable bonds is 6. The van der Waals surface area contributed by atoms with E-state index in [0.717, 1.165) is 5.57 Å². The Kier molecular flexibility index (Phi) is 5.71. The molecule has 17 heavy (non-hydrogen) atoms. The highest BCUT2D eigenvalue weighted by atomic mass is 16.4. The van der Waals surface area contributed by atoms with Crippen LogP contribution in [0.25, 0.3) is 0 Å². The Morgan fingerprint density at radius 3 is 2.35 bits per heavy atom. The van der Waals surface area contributed by atoms with Crippen molar-refractivity contribution in [1.82, 2.24) is 10.2 Å². The third kappa shape index (κ3) is 4.89. The molecule has 2 amide bonds. The van der Waals surface area contributed by atoms with Gasteiger partial charge in [-0.3, -0.25) is 4.79 Å². The maximum absolute atomic E-state index is 11.6. The van der Waals surface area contributed by atoms with Gasteiger partial charge in [0, 0.05) is 20.1 Å². The molecule has 0 spiro atoms. The molecule has 0 radical (unpaired) electrons. The van der Waals surface area contributed by atoms with Gasteiger partial charge in [-0.05, 0) is 20.3 Å². The third-order valence-corrected chi connectivity index (χ3v) is 2.78. The van der Waals surface area contributed by atoms with Crippen LogP contribution in [0.3, 0.4) is 0 Å². The molecule has 0 saturated carbocycles. The summed E-state index contributed by atoms with van der Waals surface area (Å²) in [6.45, 7) is 9.54. The first-order chi connectivity index (χ1) is 7.73. The third-order valence-electron chi connectivity index (χ3n) is 2.78. The molecule has 0 aromatic heterocycles. The molecule has 0 bridgehead atoms. The number of likely N-dealkylation sites (N-methyl/N-ethyl adjacent to an activating group) is 1. The molecular weight excluding hydrogens is 220 g/mol. The number of carbonyl (C=O) groups is 2. The minimum atomic E-state index is -0.917. The second-order valence-corrected chi connectivity index (χ2v) is 4.69. The zero-order valence-corrected chi connectivity index (χ0v) is 11.0. The summed E-state index contributed by atoms with van der Waals surface area (Å²) in [6, 6.07) is -0.283. The molecule has 0 aliphatic heterocycles. The highest BCUT2D eigenvalue weighted by molar-refractivity contribution is 5.77. The predicted octanol–water partition coefficient (Wildman–Crippen LogP) is 1.70. The Labute approximate surface area is 102 Å². The van der Waals surface area contributed by atoms with Gasteiger partial charge in [-0.1, -0.05) is 19.1 Å². The topological polar surface area (TPSA) is 69.6 Å². The second kappa shape index (κ2) is 6.27. The number of carbonyl (C=O) groups excluding carboxylic acids is 1. The van der Waals surface area contributed by atoms with Crippen molar-refractivity contribution in [2.75, 3.05) is 20.1 Å². The largest absolute Gasteiger partial charge is 0.481 e. The van der Waals surface area contributed by atoms with E-state index in [4.69, 9.17) is 5.11 Å². The summed E-state index contributed by atoms with van der Waals surface area (Å²) >= 11 is 0. The summed E-state index contributed by atoms with van der Waals surface area (Å²) in [5, 5.41) is 11.7. The molecular formula is C12H22N2O3. The predicted molar refractivity (Wildman–Crippen MR) is 66.9 cm³/mol. The molecule has 0 aromatic rings. The van der Waals surface area contributed by atoms with Crippen molar-refractivity contribution in [3.8, 4) is 0 Å². The van der Waals surface area contributed by atoms with Gasteiger partial charge in [0.15, 0.2) is 0 Å². The summed E-state index contributed by atoms with van der Waals surface area (Å²) < 4.78 is 0. The number of hydrogen-bond acceptors (Lipinski definition) is 2. The van der Waals surface area contributed by atoms with Crippen LogP contribution in [0.15, 0.2) is 12.2 Å². The fourth-order valence-corrected chi connectivity index (χ4v) is 1.23. The van der Waals surface area contributed by atoms with Crippen molar-refractivity contribution in [1.29, 1.82) is 0 Å². The van der Waals surface area contributed by atoms with Crippen LogP contribution in [0.5, 0.6) is 0 Å². The van der Waals surface area contributed by atoms with Crippen LogP contribution in [0.1, 0.15) is 27.2 Å². The first kappa shape index (κ1) is 15.5. The van der Waals surface area contributed by atoms with Gasteiger partial charge in [-0.15, -0.1) is 0 Å². The Morgan fingerprint density at radius 1 is 1.47 bits per heavy atom. The monoisotopic (exact) mass is 242 g/mol. The molecule has 0 aromatic carbocycles. The fourth-order valence-electron chi connectivity index (χ4n) is 1.23. The molecule has 0 fully saturated rings. The van der Waals surface area contributed by atoms with E-state index in [0.29, 0.717) is 13.0 Å². The van der Waals surface area contributed by atoms with Crippen molar-refractivity contribution < 1.29 is 14.7 Å². The average molecular weight is 242 g/mol. The van der Waals surface area contributed by atoms with E-state index in [1.807, 2.05) is 6.92 Å². The summed E-state index contributed by atoms with van der Waals surface area (Å²) in [4.78, 5) is 24.2. The van der Waals surface area contributed by atoms with E-state index in [9.17, 15) is 9.59 Å². The number of nitrogens with zero attached hydrogens (tertiary/aromatic N) is 1. The average Bonchev–Trinajstić information content (AvgIpc) is 2.23. The number of amides is 2. The van der Waals surface area contributed by atoms with Crippen LogP contribution < -0.4 is 5.32 Å².